The number of nitrogens with zero attached hydrogens (tertiary/aromatic N) is 1. The Morgan fingerprint density at radius 2 is 2.29 bits per heavy atom. The minimum Gasteiger partial charge on any atom is -0.484 e. The molecule has 0 amide bonds. The third-order valence-corrected chi connectivity index (χ3v) is 2.74. The number of aliphatic imine (C=N–C) groups is 1. The van der Waals surface area contributed by atoms with Gasteiger partial charge in [-0.3, -0.25) is 0 Å². The molecule has 0 spiro atoms. The van der Waals surface area contributed by atoms with E-state index >= 15 is 0 Å². The molecule has 3 heteroatoms. The summed E-state index contributed by atoms with van der Waals surface area (Å²) in [6, 6.07) is 0. The Kier molecular flexibility index (Phi) is 7.30. The lowest BCUT2D eigenvalue weighted by molar-refractivity contribution is 0.368. The minimum atomic E-state index is 0.365. The van der Waals surface area contributed by atoms with Gasteiger partial charge in [0.1, 0.15) is 0 Å². The second-order valence-electron chi connectivity index (χ2n) is 2.92. The summed E-state index contributed by atoms with van der Waals surface area (Å²) in [6.07, 6.45) is 6.61. The lowest BCUT2D eigenvalue weighted by atomic mass is 10.1. The molecule has 1 unspecified atom stereocenters. The zero-order chi connectivity index (χ0) is 11.0. The van der Waals surface area contributed by atoms with Crippen molar-refractivity contribution < 1.29 is 4.74 Å². The van der Waals surface area contributed by atoms with Gasteiger partial charge in [0.25, 0.3) is 0 Å². The molecule has 0 rings (SSSR count). The zero-order valence-corrected chi connectivity index (χ0v) is 10.2. The Hall–Kier alpha value is -0.700. The number of thioether (sulfide) groups is 1. The normalized spacial score (nSPS) is 15.1. The molecule has 0 aliphatic rings. The van der Waals surface area contributed by atoms with Crippen LogP contribution in [0.2, 0.25) is 0 Å². The van der Waals surface area contributed by atoms with Crippen LogP contribution in [0.15, 0.2) is 28.8 Å². The van der Waals surface area contributed by atoms with Crippen LogP contribution in [-0.4, -0.2) is 19.3 Å². The standard InChI is InChI=1S/C11H19NOS/c1-6-9(3)11(13-4)12-8-10(7-2)14-5/h7-9H,2,6H2,1,3-5H3/b10-8+,12-11?. The summed E-state index contributed by atoms with van der Waals surface area (Å²) >= 11 is 1.62. The fraction of sp³-hybridized carbons (Fsp3) is 0.545. The second kappa shape index (κ2) is 7.68. The van der Waals surface area contributed by atoms with Crippen LogP contribution >= 0.6 is 11.8 Å². The zero-order valence-electron chi connectivity index (χ0n) is 9.41. The van der Waals surface area contributed by atoms with Crippen LogP contribution in [0, 0.1) is 5.92 Å². The molecule has 0 aromatic heterocycles. The maximum absolute atomic E-state index is 5.20. The van der Waals surface area contributed by atoms with Gasteiger partial charge in [-0.2, -0.15) is 0 Å². The van der Waals surface area contributed by atoms with E-state index in [1.54, 1.807) is 31.1 Å². The van der Waals surface area contributed by atoms with Crippen molar-refractivity contribution in [1.29, 1.82) is 0 Å². The van der Waals surface area contributed by atoms with E-state index in [4.69, 9.17) is 4.74 Å². The average molecular weight is 213 g/mol. The van der Waals surface area contributed by atoms with Gasteiger partial charge in [-0.15, -0.1) is 11.8 Å². The number of methoxy groups -OCH3 is 1. The fourth-order valence-corrected chi connectivity index (χ4v) is 1.20. The number of hydrogen-bond donors (Lipinski definition) is 0. The minimum absolute atomic E-state index is 0.365. The molecular weight excluding hydrogens is 194 g/mol. The summed E-state index contributed by atoms with van der Waals surface area (Å²) in [5, 5.41) is 0. The van der Waals surface area contributed by atoms with Crippen molar-refractivity contribution >= 4 is 17.7 Å². The summed E-state index contributed by atoms with van der Waals surface area (Å²) < 4.78 is 5.20. The fourth-order valence-electron chi connectivity index (χ4n) is 0.872. The molecule has 0 bridgehead atoms. The van der Waals surface area contributed by atoms with Crippen LogP contribution in [0.4, 0.5) is 0 Å². The SMILES string of the molecule is C=C/C(=C\N=C(OC)C(C)CC)SC. The quantitative estimate of drug-likeness (QED) is 0.396. The van der Waals surface area contributed by atoms with Crippen LogP contribution in [0.3, 0.4) is 0 Å². The largest absolute Gasteiger partial charge is 0.484 e. The summed E-state index contributed by atoms with van der Waals surface area (Å²) in [5.41, 5.74) is 0. The molecule has 0 heterocycles. The molecule has 80 valence electrons. The van der Waals surface area contributed by atoms with Crippen molar-refractivity contribution in [1.82, 2.24) is 0 Å². The van der Waals surface area contributed by atoms with Gasteiger partial charge in [-0.25, -0.2) is 4.99 Å². The highest BCUT2D eigenvalue weighted by molar-refractivity contribution is 8.02. The Morgan fingerprint density at radius 3 is 2.64 bits per heavy atom. The van der Waals surface area contributed by atoms with E-state index < -0.39 is 0 Å². The van der Waals surface area contributed by atoms with E-state index in [1.165, 1.54) is 0 Å². The maximum atomic E-state index is 5.20. The molecule has 14 heavy (non-hydrogen) atoms. The molecule has 0 aromatic carbocycles. The number of allylic oxidation sites excluding steroid dienone is 1. The predicted molar refractivity (Wildman–Crippen MR) is 65.7 cm³/mol. The molecular formula is C11H19NOS. The Balaban J connectivity index is 4.58. The summed E-state index contributed by atoms with van der Waals surface area (Å²) in [4.78, 5) is 5.34. The van der Waals surface area contributed by atoms with Crippen LogP contribution in [0.5, 0.6) is 0 Å². The van der Waals surface area contributed by atoms with E-state index in [0.29, 0.717) is 5.92 Å². The summed E-state index contributed by atoms with van der Waals surface area (Å²) in [5.74, 6) is 1.14. The van der Waals surface area contributed by atoms with Crippen molar-refractivity contribution in [2.45, 2.75) is 20.3 Å². The van der Waals surface area contributed by atoms with Gasteiger partial charge in [0.05, 0.1) is 7.11 Å². The van der Waals surface area contributed by atoms with E-state index in [0.717, 1.165) is 17.2 Å². The van der Waals surface area contributed by atoms with Crippen molar-refractivity contribution in [2.24, 2.45) is 10.9 Å². The topological polar surface area (TPSA) is 21.6 Å². The van der Waals surface area contributed by atoms with Crippen LogP contribution in [0.25, 0.3) is 0 Å². The molecule has 0 aliphatic carbocycles. The third kappa shape index (κ3) is 4.51. The van der Waals surface area contributed by atoms with Gasteiger partial charge < -0.3 is 4.74 Å². The van der Waals surface area contributed by atoms with E-state index in [1.807, 2.05) is 6.26 Å². The van der Waals surface area contributed by atoms with E-state index in [2.05, 4.69) is 25.4 Å². The smallest absolute Gasteiger partial charge is 0.190 e. The number of hydrogen-bond acceptors (Lipinski definition) is 3. The summed E-state index contributed by atoms with van der Waals surface area (Å²) in [7, 11) is 1.66. The third-order valence-electron chi connectivity index (χ3n) is 2.00. The molecule has 0 fully saturated rings. The first kappa shape index (κ1) is 13.3. The van der Waals surface area contributed by atoms with Crippen molar-refractivity contribution in [3.05, 3.63) is 23.8 Å². The van der Waals surface area contributed by atoms with Gasteiger partial charge in [0.2, 0.25) is 0 Å². The molecule has 0 saturated heterocycles. The lowest BCUT2D eigenvalue weighted by Gasteiger charge is -2.09. The van der Waals surface area contributed by atoms with Crippen molar-refractivity contribution in [3.63, 3.8) is 0 Å². The van der Waals surface area contributed by atoms with E-state index in [9.17, 15) is 0 Å². The second-order valence-corrected chi connectivity index (χ2v) is 3.80. The first-order valence-electron chi connectivity index (χ1n) is 4.67. The highest BCUT2D eigenvalue weighted by atomic mass is 32.2. The summed E-state index contributed by atoms with van der Waals surface area (Å²) in [6.45, 7) is 7.92. The van der Waals surface area contributed by atoms with Crippen LogP contribution in [0.1, 0.15) is 20.3 Å². The maximum Gasteiger partial charge on any atom is 0.190 e. The number of ether oxygens (including phenoxy) is 1. The van der Waals surface area contributed by atoms with Gasteiger partial charge in [-0.1, -0.05) is 26.5 Å². The molecule has 1 atom stereocenters. The Morgan fingerprint density at radius 1 is 1.64 bits per heavy atom. The molecule has 0 radical (unpaired) electrons. The van der Waals surface area contributed by atoms with Crippen LogP contribution in [-0.2, 0) is 4.74 Å². The lowest BCUT2D eigenvalue weighted by Crippen LogP contribution is -2.11. The molecule has 2 nitrogen and oxygen atoms in total. The Labute approximate surface area is 91.1 Å². The van der Waals surface area contributed by atoms with Gasteiger partial charge in [0.15, 0.2) is 5.90 Å². The predicted octanol–water partition coefficient (Wildman–Crippen LogP) is 3.47. The van der Waals surface area contributed by atoms with Gasteiger partial charge in [-0.05, 0) is 12.7 Å². The molecule has 0 aromatic rings. The molecule has 0 N–H and O–H groups in total. The number of rotatable bonds is 5. The molecule has 0 saturated carbocycles. The van der Waals surface area contributed by atoms with Crippen molar-refractivity contribution in [3.8, 4) is 0 Å². The van der Waals surface area contributed by atoms with Gasteiger partial charge >= 0.3 is 0 Å². The first-order chi connectivity index (χ1) is 6.69. The highest BCUT2D eigenvalue weighted by Gasteiger charge is 2.06. The average Bonchev–Trinajstić information content (AvgIpc) is 2.24. The van der Waals surface area contributed by atoms with Crippen LogP contribution < -0.4 is 0 Å². The van der Waals surface area contributed by atoms with Crippen molar-refractivity contribution in [2.75, 3.05) is 13.4 Å². The highest BCUT2D eigenvalue weighted by Crippen LogP contribution is 2.13. The molecule has 0 aliphatic heterocycles. The van der Waals surface area contributed by atoms with Gasteiger partial charge in [0, 0.05) is 17.0 Å². The van der Waals surface area contributed by atoms with E-state index in [-0.39, 0.29) is 0 Å². The monoisotopic (exact) mass is 213 g/mol. The Bertz CT molecular complexity index is 233. The first-order valence-corrected chi connectivity index (χ1v) is 5.90.